The molecule has 33 heavy (non-hydrogen) atoms. The Labute approximate surface area is 187 Å². The predicted molar refractivity (Wildman–Crippen MR) is 111 cm³/mol. The highest BCUT2D eigenvalue weighted by atomic mass is 19.4. The van der Waals surface area contributed by atoms with Crippen molar-refractivity contribution >= 4 is 5.82 Å². The Bertz CT molecular complexity index is 1170. The molecular weight excluding hydrogens is 437 g/mol. The molecule has 2 unspecified atom stereocenters. The summed E-state index contributed by atoms with van der Waals surface area (Å²) >= 11 is 0. The molecule has 3 aromatic heterocycles. The first-order valence-corrected chi connectivity index (χ1v) is 11.0. The summed E-state index contributed by atoms with van der Waals surface area (Å²) in [6, 6.07) is 3.05. The van der Waals surface area contributed by atoms with E-state index in [1.807, 2.05) is 10.7 Å². The van der Waals surface area contributed by atoms with Gasteiger partial charge in [-0.25, -0.2) is 4.98 Å². The van der Waals surface area contributed by atoms with E-state index in [0.717, 1.165) is 30.4 Å². The molecule has 2 atom stereocenters. The van der Waals surface area contributed by atoms with Gasteiger partial charge in [-0.1, -0.05) is 5.21 Å². The average molecular weight is 460 g/mol. The van der Waals surface area contributed by atoms with E-state index in [4.69, 9.17) is 10.5 Å². The van der Waals surface area contributed by atoms with Gasteiger partial charge in [0.2, 0.25) is 0 Å². The number of anilines is 1. The van der Waals surface area contributed by atoms with Gasteiger partial charge in [0.25, 0.3) is 0 Å². The number of likely N-dealkylation sites (tertiary alicyclic amines) is 1. The second-order valence-electron chi connectivity index (χ2n) is 9.05. The number of fused-ring (bicyclic) bond motifs is 2. The molecule has 5 heterocycles. The van der Waals surface area contributed by atoms with Gasteiger partial charge in [-0.05, 0) is 37.3 Å². The smallest absolute Gasteiger partial charge is 0.383 e. The lowest BCUT2D eigenvalue weighted by Crippen LogP contribution is -2.41. The van der Waals surface area contributed by atoms with Crippen LogP contribution in [0, 0.1) is 5.92 Å². The molecule has 2 fully saturated rings. The van der Waals surface area contributed by atoms with E-state index in [0.29, 0.717) is 31.3 Å². The van der Waals surface area contributed by atoms with Gasteiger partial charge < -0.3 is 10.5 Å². The number of halogens is 3. The molecule has 1 saturated heterocycles. The van der Waals surface area contributed by atoms with Crippen LogP contribution in [0.4, 0.5) is 19.0 Å². The molecule has 174 valence electrons. The van der Waals surface area contributed by atoms with Crippen LogP contribution in [0.1, 0.15) is 42.3 Å². The summed E-state index contributed by atoms with van der Waals surface area (Å²) in [7, 11) is 0. The highest BCUT2D eigenvalue weighted by Gasteiger charge is 2.50. The molecule has 3 aliphatic rings. The van der Waals surface area contributed by atoms with Gasteiger partial charge in [-0.3, -0.25) is 14.7 Å². The van der Waals surface area contributed by atoms with Crippen molar-refractivity contribution in [3.8, 4) is 11.3 Å². The number of nitrogens with two attached hydrogens (primary N) is 1. The third-order valence-corrected chi connectivity index (χ3v) is 6.92. The Morgan fingerprint density at radius 3 is 2.79 bits per heavy atom. The van der Waals surface area contributed by atoms with E-state index in [1.165, 1.54) is 19.0 Å². The molecule has 0 bridgehead atoms. The van der Waals surface area contributed by atoms with Gasteiger partial charge in [0.15, 0.2) is 0 Å². The molecule has 1 aliphatic carbocycles. The molecule has 12 heteroatoms. The SMILES string of the molecule is Nc1ncc(-c2cc3n(n2)CCOC32CCN(C(c3cnn[nH]3)C3CC3)C2)cc1C(F)(F)F. The van der Waals surface area contributed by atoms with E-state index < -0.39 is 23.2 Å². The van der Waals surface area contributed by atoms with E-state index in [1.54, 1.807) is 6.20 Å². The Balaban J connectivity index is 1.33. The zero-order valence-electron chi connectivity index (χ0n) is 17.7. The molecule has 0 radical (unpaired) electrons. The van der Waals surface area contributed by atoms with E-state index in [-0.39, 0.29) is 11.6 Å². The van der Waals surface area contributed by atoms with Crippen LogP contribution in [-0.2, 0) is 23.1 Å². The number of aromatic amines is 1. The van der Waals surface area contributed by atoms with Crippen LogP contribution in [0.25, 0.3) is 11.3 Å². The predicted octanol–water partition coefficient (Wildman–Crippen LogP) is 2.75. The number of hydrogen-bond acceptors (Lipinski definition) is 7. The minimum Gasteiger partial charge on any atom is -0.383 e. The lowest BCUT2D eigenvalue weighted by molar-refractivity contribution is -0.137. The maximum absolute atomic E-state index is 13.3. The van der Waals surface area contributed by atoms with Crippen molar-refractivity contribution < 1.29 is 17.9 Å². The first kappa shape index (κ1) is 20.6. The van der Waals surface area contributed by atoms with Crippen LogP contribution < -0.4 is 5.73 Å². The fraction of sp³-hybridized carbons (Fsp3) is 0.524. The molecule has 9 nitrogen and oxygen atoms in total. The quantitative estimate of drug-likeness (QED) is 0.616. The highest BCUT2D eigenvalue weighted by molar-refractivity contribution is 5.63. The summed E-state index contributed by atoms with van der Waals surface area (Å²) in [6.07, 6.45) is 1.65. The molecule has 3 aromatic rings. The number of nitrogens with zero attached hydrogens (tertiary/aromatic N) is 6. The number of ether oxygens (including phenoxy) is 1. The first-order chi connectivity index (χ1) is 15.8. The first-order valence-electron chi connectivity index (χ1n) is 11.0. The molecular formula is C21H23F3N8O. The summed E-state index contributed by atoms with van der Waals surface area (Å²) in [5.41, 5.74) is 6.56. The number of alkyl halides is 3. The number of H-pyrrole nitrogens is 1. The van der Waals surface area contributed by atoms with Crippen LogP contribution in [0.3, 0.4) is 0 Å². The van der Waals surface area contributed by atoms with Crippen LogP contribution >= 0.6 is 0 Å². The minimum atomic E-state index is -4.58. The molecule has 6 rings (SSSR count). The molecule has 1 saturated carbocycles. The number of nitrogens with one attached hydrogen (secondary N) is 1. The molecule has 2 aliphatic heterocycles. The van der Waals surface area contributed by atoms with Crippen LogP contribution in [-0.4, -0.2) is 54.8 Å². The average Bonchev–Trinajstić information content (AvgIpc) is 3.16. The van der Waals surface area contributed by atoms with Crippen LogP contribution in [0.5, 0.6) is 0 Å². The van der Waals surface area contributed by atoms with Gasteiger partial charge in [-0.2, -0.15) is 18.3 Å². The molecule has 1 spiro atoms. The van der Waals surface area contributed by atoms with Gasteiger partial charge >= 0.3 is 6.18 Å². The lowest BCUT2D eigenvalue weighted by Gasteiger charge is -2.35. The number of aromatic nitrogens is 6. The molecule has 0 amide bonds. The number of hydrogen-bond donors (Lipinski definition) is 2. The van der Waals surface area contributed by atoms with Crippen molar-refractivity contribution in [1.82, 2.24) is 35.1 Å². The van der Waals surface area contributed by atoms with Crippen molar-refractivity contribution in [3.05, 3.63) is 41.5 Å². The van der Waals surface area contributed by atoms with E-state index >= 15 is 0 Å². The Kier molecular flexibility index (Phi) is 4.53. The summed E-state index contributed by atoms with van der Waals surface area (Å²) in [6.45, 7) is 2.55. The second kappa shape index (κ2) is 7.26. The lowest BCUT2D eigenvalue weighted by atomic mass is 9.96. The maximum Gasteiger partial charge on any atom is 0.419 e. The minimum absolute atomic E-state index is 0.205. The molecule has 0 aromatic carbocycles. The summed E-state index contributed by atoms with van der Waals surface area (Å²) < 4.78 is 48.2. The second-order valence-corrected chi connectivity index (χ2v) is 9.05. The van der Waals surface area contributed by atoms with Gasteiger partial charge in [-0.15, -0.1) is 5.10 Å². The number of nitrogen functional groups attached to an aromatic ring is 1. The van der Waals surface area contributed by atoms with Gasteiger partial charge in [0.1, 0.15) is 11.4 Å². The number of pyridine rings is 1. The fourth-order valence-corrected chi connectivity index (χ4v) is 5.22. The standard InChI is InChI=1S/C21H23F3N8O/c22-21(23,24)14-7-13(9-26-19(14)25)15-8-17-20(33-6-5-32(17)29-15)3-4-31(11-20)18(12-1-2-12)16-10-27-30-28-16/h7-10,12,18H,1-6,11H2,(H2,25,26)(H,27,28,30). The highest BCUT2D eigenvalue weighted by Crippen LogP contribution is 2.49. The fourth-order valence-electron chi connectivity index (χ4n) is 5.22. The zero-order valence-corrected chi connectivity index (χ0v) is 17.7. The third-order valence-electron chi connectivity index (χ3n) is 6.92. The zero-order chi connectivity index (χ0) is 22.8. The Hall–Kier alpha value is -2.99. The number of rotatable bonds is 4. The van der Waals surface area contributed by atoms with E-state index in [9.17, 15) is 13.2 Å². The summed E-state index contributed by atoms with van der Waals surface area (Å²) in [5, 5.41) is 15.5. The van der Waals surface area contributed by atoms with Gasteiger partial charge in [0.05, 0.1) is 48.0 Å². The van der Waals surface area contributed by atoms with Gasteiger partial charge in [0, 0.05) is 24.8 Å². The van der Waals surface area contributed by atoms with Crippen molar-refractivity contribution in [2.24, 2.45) is 5.92 Å². The normalized spacial score (nSPS) is 24.3. The maximum atomic E-state index is 13.3. The van der Waals surface area contributed by atoms with Crippen LogP contribution in [0.2, 0.25) is 0 Å². The summed E-state index contributed by atoms with van der Waals surface area (Å²) in [4.78, 5) is 6.17. The topological polar surface area (TPSA) is 111 Å². The molecule has 3 N–H and O–H groups in total. The van der Waals surface area contributed by atoms with Crippen LogP contribution in [0.15, 0.2) is 24.5 Å². The Morgan fingerprint density at radius 2 is 2.06 bits per heavy atom. The van der Waals surface area contributed by atoms with Crippen molar-refractivity contribution in [2.45, 2.75) is 43.6 Å². The van der Waals surface area contributed by atoms with Crippen molar-refractivity contribution in [3.63, 3.8) is 0 Å². The summed E-state index contributed by atoms with van der Waals surface area (Å²) in [5.74, 6) is 0.0222. The van der Waals surface area contributed by atoms with E-state index in [2.05, 4.69) is 30.4 Å². The Morgan fingerprint density at radius 1 is 1.21 bits per heavy atom. The monoisotopic (exact) mass is 460 g/mol. The van der Waals surface area contributed by atoms with Crippen molar-refractivity contribution in [2.75, 3.05) is 25.4 Å². The largest absolute Gasteiger partial charge is 0.419 e. The van der Waals surface area contributed by atoms with Crippen molar-refractivity contribution in [1.29, 1.82) is 0 Å². The third kappa shape index (κ3) is 3.48.